The first-order chi connectivity index (χ1) is 11.0. The molecule has 7 nitrogen and oxygen atoms in total. The van der Waals surface area contributed by atoms with E-state index in [2.05, 4.69) is 20.3 Å². The molecule has 2 N–H and O–H groups in total. The Kier molecular flexibility index (Phi) is 4.53. The first kappa shape index (κ1) is 15.8. The number of hydrogen-bond acceptors (Lipinski definition) is 7. The van der Waals surface area contributed by atoms with Crippen molar-refractivity contribution in [3.63, 3.8) is 0 Å². The largest absolute Gasteiger partial charge is 0.387 e. The van der Waals surface area contributed by atoms with Crippen molar-refractivity contribution in [3.05, 3.63) is 28.7 Å². The lowest BCUT2D eigenvalue weighted by molar-refractivity contribution is -0.133. The molecular weight excluding hydrogens is 314 g/mol. The molecule has 0 unspecified atom stereocenters. The maximum atomic E-state index is 11.6. The van der Waals surface area contributed by atoms with Gasteiger partial charge >= 0.3 is 0 Å². The summed E-state index contributed by atoms with van der Waals surface area (Å²) in [6.07, 6.45) is 0.811. The van der Waals surface area contributed by atoms with Crippen molar-refractivity contribution < 1.29 is 9.90 Å². The molecule has 2 aromatic heterocycles. The van der Waals surface area contributed by atoms with Crippen LogP contribution in [0.4, 0.5) is 10.9 Å². The standard InChI is InChI=1S/C15H19N5O2S/c1-9-5-12(19-15-17-10(2)8-23-15)18-14(16-9)11-3-4-20(6-11)13(22)7-21/h5,8,11,21H,3-4,6-7H2,1-2H3,(H,16,17,18,19)/t11-/m0/s1. The number of nitrogens with one attached hydrogen (secondary N) is 1. The number of aliphatic hydroxyl groups excluding tert-OH is 1. The number of anilines is 2. The van der Waals surface area contributed by atoms with Crippen LogP contribution in [-0.4, -0.2) is 50.6 Å². The van der Waals surface area contributed by atoms with Crippen LogP contribution in [0.15, 0.2) is 11.4 Å². The molecule has 0 radical (unpaired) electrons. The van der Waals surface area contributed by atoms with Gasteiger partial charge < -0.3 is 15.3 Å². The Labute approximate surface area is 138 Å². The smallest absolute Gasteiger partial charge is 0.248 e. The van der Waals surface area contributed by atoms with E-state index in [1.807, 2.05) is 25.3 Å². The van der Waals surface area contributed by atoms with Gasteiger partial charge in [-0.1, -0.05) is 0 Å². The molecule has 1 amide bonds. The third kappa shape index (κ3) is 3.65. The van der Waals surface area contributed by atoms with Crippen LogP contribution in [0, 0.1) is 13.8 Å². The first-order valence-corrected chi connectivity index (χ1v) is 8.36. The number of thiazole rings is 1. The zero-order chi connectivity index (χ0) is 16.4. The molecule has 2 aromatic rings. The van der Waals surface area contributed by atoms with Crippen molar-refractivity contribution in [1.29, 1.82) is 0 Å². The number of likely N-dealkylation sites (tertiary alicyclic amines) is 1. The van der Waals surface area contributed by atoms with Gasteiger partial charge in [0.15, 0.2) is 5.13 Å². The molecule has 1 fully saturated rings. The average Bonchev–Trinajstić information content (AvgIpc) is 3.15. The molecule has 23 heavy (non-hydrogen) atoms. The van der Waals surface area contributed by atoms with Gasteiger partial charge in [-0.25, -0.2) is 15.0 Å². The number of aryl methyl sites for hydroxylation is 2. The fourth-order valence-electron chi connectivity index (χ4n) is 2.66. The molecule has 1 aliphatic rings. The number of carbonyl (C=O) groups excluding carboxylic acids is 1. The first-order valence-electron chi connectivity index (χ1n) is 7.48. The normalized spacial score (nSPS) is 17.5. The number of carbonyl (C=O) groups is 1. The molecule has 8 heteroatoms. The van der Waals surface area contributed by atoms with Crippen molar-refractivity contribution in [2.75, 3.05) is 25.0 Å². The molecule has 3 rings (SSSR count). The summed E-state index contributed by atoms with van der Waals surface area (Å²) in [4.78, 5) is 26.7. The van der Waals surface area contributed by atoms with Crippen molar-refractivity contribution in [2.45, 2.75) is 26.2 Å². The third-order valence-corrected chi connectivity index (χ3v) is 4.64. The van der Waals surface area contributed by atoms with Crippen molar-refractivity contribution in [3.8, 4) is 0 Å². The Hall–Kier alpha value is -2.06. The minimum Gasteiger partial charge on any atom is -0.387 e. The molecule has 0 spiro atoms. The second-order valence-electron chi connectivity index (χ2n) is 5.66. The Balaban J connectivity index is 1.77. The van der Waals surface area contributed by atoms with Crippen LogP contribution < -0.4 is 5.32 Å². The molecule has 0 bridgehead atoms. The van der Waals surface area contributed by atoms with Gasteiger partial charge in [-0.2, -0.15) is 0 Å². The van der Waals surface area contributed by atoms with Gasteiger partial charge in [-0.05, 0) is 20.3 Å². The highest BCUT2D eigenvalue weighted by atomic mass is 32.1. The molecule has 1 aliphatic heterocycles. The zero-order valence-electron chi connectivity index (χ0n) is 13.1. The van der Waals surface area contributed by atoms with Gasteiger partial charge in [0.05, 0.1) is 5.69 Å². The fraction of sp³-hybridized carbons (Fsp3) is 0.467. The van der Waals surface area contributed by atoms with Gasteiger partial charge in [0.2, 0.25) is 5.91 Å². The predicted octanol–water partition coefficient (Wildman–Crippen LogP) is 1.60. The van der Waals surface area contributed by atoms with Crippen LogP contribution in [0.1, 0.15) is 29.6 Å². The summed E-state index contributed by atoms with van der Waals surface area (Å²) in [7, 11) is 0. The van der Waals surface area contributed by atoms with Crippen molar-refractivity contribution in [1.82, 2.24) is 19.9 Å². The molecule has 0 aromatic carbocycles. The van der Waals surface area contributed by atoms with Gasteiger partial charge in [-0.3, -0.25) is 4.79 Å². The van der Waals surface area contributed by atoms with E-state index in [0.29, 0.717) is 18.9 Å². The van der Waals surface area contributed by atoms with E-state index >= 15 is 0 Å². The SMILES string of the molecule is Cc1cc(Nc2nc(C)cs2)nc([C@H]2CCN(C(=O)CO)C2)n1. The quantitative estimate of drug-likeness (QED) is 0.883. The number of nitrogens with zero attached hydrogens (tertiary/aromatic N) is 4. The van der Waals surface area contributed by atoms with Crippen molar-refractivity contribution in [2.24, 2.45) is 0 Å². The van der Waals surface area contributed by atoms with E-state index in [-0.39, 0.29) is 11.8 Å². The summed E-state index contributed by atoms with van der Waals surface area (Å²) >= 11 is 1.53. The van der Waals surface area contributed by atoms with Crippen LogP contribution in [0.3, 0.4) is 0 Å². The monoisotopic (exact) mass is 333 g/mol. The molecule has 0 saturated carbocycles. The number of rotatable bonds is 4. The van der Waals surface area contributed by atoms with Gasteiger partial charge in [0.25, 0.3) is 0 Å². The Morgan fingerprint density at radius 3 is 2.91 bits per heavy atom. The Bertz CT molecular complexity index is 718. The molecule has 1 atom stereocenters. The molecule has 3 heterocycles. The molecular formula is C15H19N5O2S. The van der Waals surface area contributed by atoms with E-state index in [1.165, 1.54) is 11.3 Å². The summed E-state index contributed by atoms with van der Waals surface area (Å²) in [6.45, 7) is 4.62. The highest BCUT2D eigenvalue weighted by Gasteiger charge is 2.29. The predicted molar refractivity (Wildman–Crippen MR) is 87.9 cm³/mol. The van der Waals surface area contributed by atoms with E-state index in [0.717, 1.165) is 28.8 Å². The summed E-state index contributed by atoms with van der Waals surface area (Å²) < 4.78 is 0. The van der Waals surface area contributed by atoms with E-state index < -0.39 is 6.61 Å². The second kappa shape index (κ2) is 6.59. The van der Waals surface area contributed by atoms with Crippen LogP contribution in [0.5, 0.6) is 0 Å². The summed E-state index contributed by atoms with van der Waals surface area (Å²) in [5.74, 6) is 1.31. The van der Waals surface area contributed by atoms with Crippen molar-refractivity contribution >= 4 is 28.2 Å². The molecule has 122 valence electrons. The Morgan fingerprint density at radius 1 is 1.39 bits per heavy atom. The summed E-state index contributed by atoms with van der Waals surface area (Å²) in [6, 6.07) is 1.88. The van der Waals surface area contributed by atoms with Crippen LogP contribution in [-0.2, 0) is 4.79 Å². The zero-order valence-corrected chi connectivity index (χ0v) is 13.9. The van der Waals surface area contributed by atoms with Crippen LogP contribution >= 0.6 is 11.3 Å². The van der Waals surface area contributed by atoms with Gasteiger partial charge in [0.1, 0.15) is 18.2 Å². The van der Waals surface area contributed by atoms with Crippen LogP contribution in [0.25, 0.3) is 0 Å². The number of amides is 1. The van der Waals surface area contributed by atoms with Gasteiger partial charge in [0, 0.05) is 36.1 Å². The number of hydrogen-bond donors (Lipinski definition) is 2. The average molecular weight is 333 g/mol. The summed E-state index contributed by atoms with van der Waals surface area (Å²) in [5, 5.41) is 15.0. The lowest BCUT2D eigenvalue weighted by Crippen LogP contribution is -2.30. The number of aromatic nitrogens is 3. The maximum Gasteiger partial charge on any atom is 0.248 e. The molecule has 0 aliphatic carbocycles. The fourth-order valence-corrected chi connectivity index (χ4v) is 3.35. The Morgan fingerprint density at radius 2 is 2.22 bits per heavy atom. The second-order valence-corrected chi connectivity index (χ2v) is 6.51. The van der Waals surface area contributed by atoms with Gasteiger partial charge in [-0.15, -0.1) is 11.3 Å². The summed E-state index contributed by atoms with van der Waals surface area (Å²) in [5.41, 5.74) is 1.84. The minimum atomic E-state index is -0.447. The highest BCUT2D eigenvalue weighted by molar-refractivity contribution is 7.13. The lowest BCUT2D eigenvalue weighted by atomic mass is 10.1. The highest BCUT2D eigenvalue weighted by Crippen LogP contribution is 2.27. The van der Waals surface area contributed by atoms with Crippen LogP contribution in [0.2, 0.25) is 0 Å². The lowest BCUT2D eigenvalue weighted by Gasteiger charge is -2.15. The molecule has 1 saturated heterocycles. The number of aliphatic hydroxyl groups is 1. The minimum absolute atomic E-state index is 0.101. The topological polar surface area (TPSA) is 91.2 Å². The van der Waals surface area contributed by atoms with E-state index in [9.17, 15) is 4.79 Å². The maximum absolute atomic E-state index is 11.6. The third-order valence-electron chi connectivity index (χ3n) is 3.77. The van der Waals surface area contributed by atoms with E-state index in [1.54, 1.807) is 4.90 Å². The van der Waals surface area contributed by atoms with E-state index in [4.69, 9.17) is 5.11 Å².